The molecule has 1 atom stereocenters. The minimum Gasteiger partial charge on any atom is -0.339 e. The number of amides is 1. The maximum Gasteiger partial charge on any atom is 0.239 e. The van der Waals surface area contributed by atoms with Crippen molar-refractivity contribution in [2.24, 2.45) is 0 Å². The standard InChI is InChI=1S/C11H21N3O/c1-9(12-2)11(15)14-7-5-13(6-8-14)10-3-4-10/h9-10,12H,3-8H2,1-2H3. The Morgan fingerprint density at radius 2 is 1.87 bits per heavy atom. The molecule has 0 bridgehead atoms. The molecule has 4 heteroatoms. The number of nitrogens with zero attached hydrogens (tertiary/aromatic N) is 2. The van der Waals surface area contributed by atoms with Crippen LogP contribution < -0.4 is 5.32 Å². The summed E-state index contributed by atoms with van der Waals surface area (Å²) >= 11 is 0. The average molecular weight is 211 g/mol. The summed E-state index contributed by atoms with van der Waals surface area (Å²) in [6.45, 7) is 5.86. The number of likely N-dealkylation sites (N-methyl/N-ethyl adjacent to an activating group) is 1. The Bertz CT molecular complexity index is 232. The van der Waals surface area contributed by atoms with Crippen LogP contribution in [0.3, 0.4) is 0 Å². The third-order valence-electron chi connectivity index (χ3n) is 3.49. The van der Waals surface area contributed by atoms with Gasteiger partial charge >= 0.3 is 0 Å². The quantitative estimate of drug-likeness (QED) is 0.708. The summed E-state index contributed by atoms with van der Waals surface area (Å²) in [6, 6.07) is 0.793. The fourth-order valence-electron chi connectivity index (χ4n) is 2.14. The molecule has 1 saturated carbocycles. The first kappa shape index (κ1) is 10.9. The molecule has 0 aromatic heterocycles. The van der Waals surface area contributed by atoms with Crippen molar-refractivity contribution >= 4 is 5.91 Å². The predicted molar refractivity (Wildman–Crippen MR) is 59.7 cm³/mol. The van der Waals surface area contributed by atoms with Crippen LogP contribution in [0.15, 0.2) is 0 Å². The molecule has 0 aromatic rings. The van der Waals surface area contributed by atoms with Gasteiger partial charge in [0.05, 0.1) is 6.04 Å². The Kier molecular flexibility index (Phi) is 3.26. The molecule has 1 amide bonds. The Balaban J connectivity index is 1.79. The van der Waals surface area contributed by atoms with E-state index in [-0.39, 0.29) is 11.9 Å². The maximum absolute atomic E-state index is 11.9. The molecule has 86 valence electrons. The highest BCUT2D eigenvalue weighted by Gasteiger charge is 2.32. The Morgan fingerprint density at radius 1 is 1.27 bits per heavy atom. The summed E-state index contributed by atoms with van der Waals surface area (Å²) in [5.74, 6) is 0.243. The number of hydrogen-bond acceptors (Lipinski definition) is 3. The van der Waals surface area contributed by atoms with Crippen molar-refractivity contribution in [2.75, 3.05) is 33.2 Å². The van der Waals surface area contributed by atoms with Gasteiger partial charge in [-0.1, -0.05) is 0 Å². The van der Waals surface area contributed by atoms with Gasteiger partial charge in [-0.25, -0.2) is 0 Å². The minimum atomic E-state index is -0.0440. The van der Waals surface area contributed by atoms with Gasteiger partial charge in [0.25, 0.3) is 0 Å². The monoisotopic (exact) mass is 211 g/mol. The molecule has 0 aromatic carbocycles. The molecule has 1 N–H and O–H groups in total. The molecule has 1 aliphatic carbocycles. The fourth-order valence-corrected chi connectivity index (χ4v) is 2.14. The summed E-state index contributed by atoms with van der Waals surface area (Å²) in [5, 5.41) is 3.00. The van der Waals surface area contributed by atoms with E-state index in [2.05, 4.69) is 10.2 Å². The van der Waals surface area contributed by atoms with E-state index >= 15 is 0 Å². The summed E-state index contributed by atoms with van der Waals surface area (Å²) in [6.07, 6.45) is 2.72. The van der Waals surface area contributed by atoms with Crippen LogP contribution in [0.5, 0.6) is 0 Å². The first-order chi connectivity index (χ1) is 7.22. The van der Waals surface area contributed by atoms with E-state index in [1.165, 1.54) is 12.8 Å². The van der Waals surface area contributed by atoms with E-state index in [4.69, 9.17) is 0 Å². The van der Waals surface area contributed by atoms with Gasteiger partial charge in [-0.3, -0.25) is 9.69 Å². The summed E-state index contributed by atoms with van der Waals surface area (Å²) < 4.78 is 0. The highest BCUT2D eigenvalue weighted by Crippen LogP contribution is 2.27. The zero-order chi connectivity index (χ0) is 10.8. The van der Waals surface area contributed by atoms with Gasteiger partial charge in [-0.15, -0.1) is 0 Å². The first-order valence-corrected chi connectivity index (χ1v) is 5.92. The molecular formula is C11H21N3O. The predicted octanol–water partition coefficient (Wildman–Crippen LogP) is -0.0991. The zero-order valence-electron chi connectivity index (χ0n) is 9.70. The van der Waals surface area contributed by atoms with Gasteiger partial charge in [0.1, 0.15) is 0 Å². The van der Waals surface area contributed by atoms with Crippen LogP contribution in [0, 0.1) is 0 Å². The van der Waals surface area contributed by atoms with Crippen LogP contribution in [-0.2, 0) is 4.79 Å². The molecule has 4 nitrogen and oxygen atoms in total. The highest BCUT2D eigenvalue weighted by molar-refractivity contribution is 5.81. The van der Waals surface area contributed by atoms with Gasteiger partial charge in [-0.05, 0) is 26.8 Å². The molecule has 2 rings (SSSR count). The Labute approximate surface area is 91.6 Å². The van der Waals surface area contributed by atoms with E-state index in [0.717, 1.165) is 32.2 Å². The Hall–Kier alpha value is -0.610. The van der Waals surface area contributed by atoms with Crippen molar-refractivity contribution in [3.8, 4) is 0 Å². The second-order valence-electron chi connectivity index (χ2n) is 4.60. The number of rotatable bonds is 3. The summed E-state index contributed by atoms with van der Waals surface area (Å²) in [4.78, 5) is 16.4. The smallest absolute Gasteiger partial charge is 0.239 e. The normalized spacial score (nSPS) is 25.3. The molecule has 1 heterocycles. The fraction of sp³-hybridized carbons (Fsp3) is 0.909. The Morgan fingerprint density at radius 3 is 2.33 bits per heavy atom. The third kappa shape index (κ3) is 2.49. The van der Waals surface area contributed by atoms with Crippen molar-refractivity contribution in [1.82, 2.24) is 15.1 Å². The van der Waals surface area contributed by atoms with Gasteiger partial charge in [0.2, 0.25) is 5.91 Å². The molecular weight excluding hydrogens is 190 g/mol. The highest BCUT2D eigenvalue weighted by atomic mass is 16.2. The van der Waals surface area contributed by atoms with Crippen LogP contribution in [0.1, 0.15) is 19.8 Å². The molecule has 2 fully saturated rings. The van der Waals surface area contributed by atoms with E-state index in [0.29, 0.717) is 0 Å². The van der Waals surface area contributed by atoms with Crippen LogP contribution in [0.2, 0.25) is 0 Å². The van der Waals surface area contributed by atoms with Gasteiger partial charge in [0, 0.05) is 32.2 Å². The van der Waals surface area contributed by atoms with Crippen molar-refractivity contribution in [3.05, 3.63) is 0 Å². The molecule has 0 spiro atoms. The number of nitrogens with one attached hydrogen (secondary N) is 1. The van der Waals surface area contributed by atoms with Crippen molar-refractivity contribution < 1.29 is 4.79 Å². The summed E-state index contributed by atoms with van der Waals surface area (Å²) in [7, 11) is 1.84. The van der Waals surface area contributed by atoms with Crippen molar-refractivity contribution in [2.45, 2.75) is 31.8 Å². The van der Waals surface area contributed by atoms with Gasteiger partial charge in [-0.2, -0.15) is 0 Å². The largest absolute Gasteiger partial charge is 0.339 e. The second kappa shape index (κ2) is 4.49. The number of piperazine rings is 1. The molecule has 1 aliphatic heterocycles. The summed E-state index contributed by atoms with van der Waals surface area (Å²) in [5.41, 5.74) is 0. The number of carbonyl (C=O) groups is 1. The van der Waals surface area contributed by atoms with Gasteiger partial charge < -0.3 is 10.2 Å². The third-order valence-corrected chi connectivity index (χ3v) is 3.49. The lowest BCUT2D eigenvalue weighted by atomic mass is 10.2. The van der Waals surface area contributed by atoms with E-state index in [1.54, 1.807) is 0 Å². The van der Waals surface area contributed by atoms with Crippen LogP contribution in [-0.4, -0.2) is 61.0 Å². The van der Waals surface area contributed by atoms with E-state index in [1.807, 2.05) is 18.9 Å². The molecule has 15 heavy (non-hydrogen) atoms. The van der Waals surface area contributed by atoms with Crippen LogP contribution >= 0.6 is 0 Å². The van der Waals surface area contributed by atoms with Crippen LogP contribution in [0.4, 0.5) is 0 Å². The average Bonchev–Trinajstić information content (AvgIpc) is 3.11. The van der Waals surface area contributed by atoms with Gasteiger partial charge in [0.15, 0.2) is 0 Å². The molecule has 0 radical (unpaired) electrons. The number of hydrogen-bond donors (Lipinski definition) is 1. The van der Waals surface area contributed by atoms with Crippen molar-refractivity contribution in [1.29, 1.82) is 0 Å². The number of carbonyl (C=O) groups excluding carboxylic acids is 1. The molecule has 2 aliphatic rings. The lowest BCUT2D eigenvalue weighted by Crippen LogP contribution is -2.53. The second-order valence-corrected chi connectivity index (χ2v) is 4.60. The molecule has 1 unspecified atom stereocenters. The first-order valence-electron chi connectivity index (χ1n) is 5.92. The minimum absolute atomic E-state index is 0.0440. The lowest BCUT2D eigenvalue weighted by Gasteiger charge is -2.36. The van der Waals surface area contributed by atoms with Crippen molar-refractivity contribution in [3.63, 3.8) is 0 Å². The lowest BCUT2D eigenvalue weighted by molar-refractivity contribution is -0.134. The van der Waals surface area contributed by atoms with E-state index < -0.39 is 0 Å². The molecule has 1 saturated heterocycles. The zero-order valence-corrected chi connectivity index (χ0v) is 9.70. The van der Waals surface area contributed by atoms with E-state index in [9.17, 15) is 4.79 Å². The van der Waals surface area contributed by atoms with Crippen LogP contribution in [0.25, 0.3) is 0 Å². The maximum atomic E-state index is 11.9. The SMILES string of the molecule is CNC(C)C(=O)N1CCN(C2CC2)CC1. The topological polar surface area (TPSA) is 35.6 Å².